The number of likely N-dealkylation sites (tertiary alicyclic amines) is 1. The van der Waals surface area contributed by atoms with E-state index >= 15 is 0 Å². The van der Waals surface area contributed by atoms with E-state index in [1.165, 1.54) is 0 Å². The zero-order valence-corrected chi connectivity index (χ0v) is 11.4. The Morgan fingerprint density at radius 3 is 2.42 bits per heavy atom. The summed E-state index contributed by atoms with van der Waals surface area (Å²) < 4.78 is 0. The zero-order valence-electron chi connectivity index (χ0n) is 10.7. The predicted octanol–water partition coefficient (Wildman–Crippen LogP) is 2.68. The van der Waals surface area contributed by atoms with Crippen molar-refractivity contribution >= 4 is 29.1 Å². The SMILES string of the molecule is O=C(Nc1cccc(Cl)c1)C(=O)N1CCCCCC1. The minimum atomic E-state index is -0.593. The largest absolute Gasteiger partial charge is 0.334 e. The number of amides is 2. The maximum Gasteiger partial charge on any atom is 0.313 e. The van der Waals surface area contributed by atoms with Crippen molar-refractivity contribution in [1.29, 1.82) is 0 Å². The van der Waals surface area contributed by atoms with E-state index in [-0.39, 0.29) is 0 Å². The first kappa shape index (κ1) is 13.9. The topological polar surface area (TPSA) is 49.4 Å². The molecule has 102 valence electrons. The Hall–Kier alpha value is -1.55. The monoisotopic (exact) mass is 280 g/mol. The van der Waals surface area contributed by atoms with E-state index in [9.17, 15) is 9.59 Å². The van der Waals surface area contributed by atoms with Crippen LogP contribution in [0.5, 0.6) is 0 Å². The molecule has 1 saturated heterocycles. The third-order valence-corrected chi connectivity index (χ3v) is 3.41. The van der Waals surface area contributed by atoms with Gasteiger partial charge in [-0.25, -0.2) is 0 Å². The molecule has 0 radical (unpaired) electrons. The molecule has 1 heterocycles. The molecular weight excluding hydrogens is 264 g/mol. The van der Waals surface area contributed by atoms with Gasteiger partial charge in [0, 0.05) is 23.8 Å². The number of halogens is 1. The van der Waals surface area contributed by atoms with Crippen molar-refractivity contribution in [2.24, 2.45) is 0 Å². The fraction of sp³-hybridized carbons (Fsp3) is 0.429. The highest BCUT2D eigenvalue weighted by Crippen LogP contribution is 2.15. The van der Waals surface area contributed by atoms with Gasteiger partial charge in [-0.3, -0.25) is 9.59 Å². The van der Waals surface area contributed by atoms with Crippen molar-refractivity contribution in [2.45, 2.75) is 25.7 Å². The van der Waals surface area contributed by atoms with E-state index in [1.807, 2.05) is 0 Å². The van der Waals surface area contributed by atoms with E-state index in [0.29, 0.717) is 23.8 Å². The Morgan fingerprint density at radius 2 is 1.79 bits per heavy atom. The van der Waals surface area contributed by atoms with Crippen LogP contribution >= 0.6 is 11.6 Å². The molecule has 5 heteroatoms. The Bertz CT molecular complexity index is 468. The fourth-order valence-corrected chi connectivity index (χ4v) is 2.36. The van der Waals surface area contributed by atoms with Gasteiger partial charge < -0.3 is 10.2 Å². The van der Waals surface area contributed by atoms with Crippen molar-refractivity contribution in [1.82, 2.24) is 4.90 Å². The third-order valence-electron chi connectivity index (χ3n) is 3.17. The summed E-state index contributed by atoms with van der Waals surface area (Å²) >= 11 is 5.83. The minimum Gasteiger partial charge on any atom is -0.334 e. The third kappa shape index (κ3) is 3.96. The number of hydrogen-bond acceptors (Lipinski definition) is 2. The summed E-state index contributed by atoms with van der Waals surface area (Å²) in [5.74, 6) is -1.05. The first-order chi connectivity index (χ1) is 9.16. The van der Waals surface area contributed by atoms with Gasteiger partial charge in [-0.05, 0) is 31.0 Å². The van der Waals surface area contributed by atoms with Crippen molar-refractivity contribution < 1.29 is 9.59 Å². The van der Waals surface area contributed by atoms with Crippen LogP contribution in [0.1, 0.15) is 25.7 Å². The molecule has 1 aliphatic heterocycles. The van der Waals surface area contributed by atoms with Gasteiger partial charge >= 0.3 is 11.8 Å². The highest BCUT2D eigenvalue weighted by atomic mass is 35.5. The molecule has 0 spiro atoms. The lowest BCUT2D eigenvalue weighted by molar-refractivity contribution is -0.143. The Balaban J connectivity index is 1.97. The lowest BCUT2D eigenvalue weighted by atomic mass is 10.2. The number of anilines is 1. The summed E-state index contributed by atoms with van der Waals surface area (Å²) in [5, 5.41) is 3.11. The Kier molecular flexibility index (Phi) is 4.80. The summed E-state index contributed by atoms with van der Waals surface area (Å²) in [6, 6.07) is 6.77. The van der Waals surface area contributed by atoms with E-state index in [4.69, 9.17) is 11.6 Å². The molecule has 0 unspecified atom stereocenters. The number of benzene rings is 1. The van der Waals surface area contributed by atoms with Crippen molar-refractivity contribution in [2.75, 3.05) is 18.4 Å². The van der Waals surface area contributed by atoms with Gasteiger partial charge in [0.25, 0.3) is 0 Å². The average molecular weight is 281 g/mol. The summed E-state index contributed by atoms with van der Waals surface area (Å²) in [7, 11) is 0. The summed E-state index contributed by atoms with van der Waals surface area (Å²) in [6.45, 7) is 1.34. The molecule has 0 aromatic heterocycles. The van der Waals surface area contributed by atoms with E-state index in [2.05, 4.69) is 5.32 Å². The normalized spacial score (nSPS) is 15.7. The lowest BCUT2D eigenvalue weighted by Gasteiger charge is -2.19. The molecule has 1 N–H and O–H groups in total. The predicted molar refractivity (Wildman–Crippen MR) is 75.1 cm³/mol. The molecule has 2 rings (SSSR count). The number of rotatable bonds is 1. The number of nitrogens with zero attached hydrogens (tertiary/aromatic N) is 1. The molecule has 1 aromatic rings. The summed E-state index contributed by atoms with van der Waals surface area (Å²) in [4.78, 5) is 25.5. The van der Waals surface area contributed by atoms with Crippen LogP contribution in [-0.4, -0.2) is 29.8 Å². The maximum absolute atomic E-state index is 12.0. The van der Waals surface area contributed by atoms with Gasteiger partial charge in [0.15, 0.2) is 0 Å². The van der Waals surface area contributed by atoms with Gasteiger partial charge in [0.1, 0.15) is 0 Å². The second-order valence-corrected chi connectivity index (χ2v) is 5.11. The van der Waals surface area contributed by atoms with E-state index in [0.717, 1.165) is 25.7 Å². The Labute approximate surface area is 117 Å². The number of carbonyl (C=O) groups is 2. The zero-order chi connectivity index (χ0) is 13.7. The molecule has 1 aliphatic rings. The highest BCUT2D eigenvalue weighted by Gasteiger charge is 2.22. The van der Waals surface area contributed by atoms with Crippen LogP contribution < -0.4 is 5.32 Å². The van der Waals surface area contributed by atoms with Gasteiger partial charge in [0.05, 0.1) is 0 Å². The fourth-order valence-electron chi connectivity index (χ4n) is 2.17. The Morgan fingerprint density at radius 1 is 1.11 bits per heavy atom. The maximum atomic E-state index is 12.0. The standard InChI is InChI=1S/C14H17ClN2O2/c15-11-6-5-7-12(10-11)16-13(18)14(19)17-8-3-1-2-4-9-17/h5-7,10H,1-4,8-9H2,(H,16,18). The van der Waals surface area contributed by atoms with Crippen LogP contribution in [0.15, 0.2) is 24.3 Å². The second-order valence-electron chi connectivity index (χ2n) is 4.67. The highest BCUT2D eigenvalue weighted by molar-refractivity contribution is 6.39. The van der Waals surface area contributed by atoms with E-state index < -0.39 is 11.8 Å². The van der Waals surface area contributed by atoms with Gasteiger partial charge in [0.2, 0.25) is 0 Å². The van der Waals surface area contributed by atoms with Crippen LogP contribution in [0, 0.1) is 0 Å². The smallest absolute Gasteiger partial charge is 0.313 e. The molecule has 0 atom stereocenters. The van der Waals surface area contributed by atoms with Gasteiger partial charge in [-0.15, -0.1) is 0 Å². The molecule has 0 aliphatic carbocycles. The van der Waals surface area contributed by atoms with Crippen molar-refractivity contribution in [3.63, 3.8) is 0 Å². The molecule has 1 fully saturated rings. The number of carbonyl (C=O) groups excluding carboxylic acids is 2. The molecule has 4 nitrogen and oxygen atoms in total. The van der Waals surface area contributed by atoms with Gasteiger partial charge in [-0.1, -0.05) is 30.5 Å². The van der Waals surface area contributed by atoms with Crippen LogP contribution in [0.25, 0.3) is 0 Å². The quantitative estimate of drug-likeness (QED) is 0.804. The lowest BCUT2D eigenvalue weighted by Crippen LogP contribution is -2.40. The minimum absolute atomic E-state index is 0.457. The summed E-state index contributed by atoms with van der Waals surface area (Å²) in [6.07, 6.45) is 4.19. The average Bonchev–Trinajstić information content (AvgIpc) is 2.66. The van der Waals surface area contributed by atoms with Gasteiger partial charge in [-0.2, -0.15) is 0 Å². The molecule has 0 bridgehead atoms. The molecular formula is C14H17ClN2O2. The van der Waals surface area contributed by atoms with Crippen LogP contribution in [0.3, 0.4) is 0 Å². The number of nitrogens with one attached hydrogen (secondary N) is 1. The van der Waals surface area contributed by atoms with Crippen LogP contribution in [0.2, 0.25) is 5.02 Å². The van der Waals surface area contributed by atoms with Crippen LogP contribution in [-0.2, 0) is 9.59 Å². The molecule has 1 aromatic carbocycles. The number of hydrogen-bond donors (Lipinski definition) is 1. The van der Waals surface area contributed by atoms with Crippen LogP contribution in [0.4, 0.5) is 5.69 Å². The van der Waals surface area contributed by atoms with E-state index in [1.54, 1.807) is 29.2 Å². The van der Waals surface area contributed by atoms with Crippen molar-refractivity contribution in [3.05, 3.63) is 29.3 Å². The van der Waals surface area contributed by atoms with Crippen molar-refractivity contribution in [3.8, 4) is 0 Å². The first-order valence-corrected chi connectivity index (χ1v) is 6.90. The molecule has 2 amide bonds. The second kappa shape index (κ2) is 6.57. The molecule has 19 heavy (non-hydrogen) atoms. The molecule has 0 saturated carbocycles. The summed E-state index contributed by atoms with van der Waals surface area (Å²) in [5.41, 5.74) is 0.542. The first-order valence-electron chi connectivity index (χ1n) is 6.52.